The summed E-state index contributed by atoms with van der Waals surface area (Å²) in [6, 6.07) is 32.3. The quantitative estimate of drug-likeness (QED) is 0.192. The summed E-state index contributed by atoms with van der Waals surface area (Å²) in [5, 5.41) is 4.24. The average Bonchev–Trinajstić information content (AvgIpc) is 3.47. The van der Waals surface area contributed by atoms with Gasteiger partial charge in [0.1, 0.15) is 17.9 Å². The molecule has 0 aliphatic rings. The molecule has 0 saturated heterocycles. The fraction of sp³-hybridized carbons (Fsp3) is 0.206. The standard InChI is InChI=1S/C34H34N2O3/c1-2-31(36-33(37)16-15-24-9-4-3-5-10-24)29-13-6-7-14-32(29)39-23-26-20-28-17-18-38-34(28)30(21-26)27-12-8-11-25(19-27)22-35/h3-14,17-21,31H,2,15-16,22-23,35H2,1H3,(H,36,37). The third-order valence-corrected chi connectivity index (χ3v) is 7.00. The molecule has 3 N–H and O–H groups in total. The van der Waals surface area contributed by atoms with Gasteiger partial charge in [0.2, 0.25) is 5.91 Å². The number of fused-ring (bicyclic) bond motifs is 1. The zero-order chi connectivity index (χ0) is 27.0. The number of carbonyl (C=O) groups is 1. The van der Waals surface area contributed by atoms with Crippen molar-refractivity contribution in [1.29, 1.82) is 0 Å². The Kier molecular flexibility index (Phi) is 8.39. The summed E-state index contributed by atoms with van der Waals surface area (Å²) < 4.78 is 12.2. The predicted octanol–water partition coefficient (Wildman–Crippen LogP) is 7.34. The molecule has 5 heteroatoms. The molecule has 1 unspecified atom stereocenters. The van der Waals surface area contributed by atoms with Crippen molar-refractivity contribution in [2.24, 2.45) is 5.73 Å². The molecule has 0 fully saturated rings. The minimum Gasteiger partial charge on any atom is -0.489 e. The number of hydrogen-bond donors (Lipinski definition) is 2. The zero-order valence-corrected chi connectivity index (χ0v) is 22.2. The third kappa shape index (κ3) is 6.39. The average molecular weight is 519 g/mol. The van der Waals surface area contributed by atoms with Gasteiger partial charge in [-0.25, -0.2) is 0 Å². The number of amides is 1. The smallest absolute Gasteiger partial charge is 0.220 e. The summed E-state index contributed by atoms with van der Waals surface area (Å²) >= 11 is 0. The number of furan rings is 1. The topological polar surface area (TPSA) is 77.5 Å². The van der Waals surface area contributed by atoms with Crippen molar-refractivity contribution >= 4 is 16.9 Å². The summed E-state index contributed by atoms with van der Waals surface area (Å²) in [5.41, 5.74) is 13.0. The first kappa shape index (κ1) is 26.3. The van der Waals surface area contributed by atoms with Crippen molar-refractivity contribution in [3.63, 3.8) is 0 Å². The van der Waals surface area contributed by atoms with E-state index in [1.807, 2.05) is 60.7 Å². The fourth-order valence-electron chi connectivity index (χ4n) is 4.94. The van der Waals surface area contributed by atoms with Crippen molar-refractivity contribution < 1.29 is 13.9 Å². The molecule has 5 rings (SSSR count). The molecule has 0 radical (unpaired) electrons. The number of ether oxygens (including phenoxy) is 1. The van der Waals surface area contributed by atoms with Crippen molar-refractivity contribution in [1.82, 2.24) is 5.32 Å². The number of carbonyl (C=O) groups excluding carboxylic acids is 1. The highest BCUT2D eigenvalue weighted by Crippen LogP contribution is 2.33. The van der Waals surface area contributed by atoms with Gasteiger partial charge in [-0.2, -0.15) is 0 Å². The zero-order valence-electron chi connectivity index (χ0n) is 22.2. The van der Waals surface area contributed by atoms with Gasteiger partial charge in [0, 0.05) is 29.5 Å². The van der Waals surface area contributed by atoms with Gasteiger partial charge in [-0.3, -0.25) is 4.79 Å². The Morgan fingerprint density at radius 3 is 2.51 bits per heavy atom. The van der Waals surface area contributed by atoms with Crippen LogP contribution in [0.15, 0.2) is 108 Å². The molecule has 5 aromatic rings. The van der Waals surface area contributed by atoms with Gasteiger partial charge in [-0.15, -0.1) is 0 Å². The molecule has 39 heavy (non-hydrogen) atoms. The molecule has 0 saturated carbocycles. The van der Waals surface area contributed by atoms with Crippen LogP contribution in [0.1, 0.15) is 48.1 Å². The lowest BCUT2D eigenvalue weighted by atomic mass is 9.99. The van der Waals surface area contributed by atoms with Gasteiger partial charge in [0.15, 0.2) is 0 Å². The van der Waals surface area contributed by atoms with Crippen LogP contribution < -0.4 is 15.8 Å². The van der Waals surface area contributed by atoms with Crippen molar-refractivity contribution in [3.05, 3.63) is 126 Å². The largest absolute Gasteiger partial charge is 0.489 e. The van der Waals surface area contributed by atoms with Crippen LogP contribution in [0.4, 0.5) is 0 Å². The summed E-state index contributed by atoms with van der Waals surface area (Å²) in [7, 11) is 0. The maximum atomic E-state index is 12.8. The molecule has 4 aromatic carbocycles. The van der Waals surface area contributed by atoms with E-state index in [1.165, 1.54) is 0 Å². The van der Waals surface area contributed by atoms with E-state index in [0.717, 1.165) is 56.5 Å². The highest BCUT2D eigenvalue weighted by Gasteiger charge is 2.18. The maximum Gasteiger partial charge on any atom is 0.220 e. The van der Waals surface area contributed by atoms with Crippen LogP contribution in [-0.4, -0.2) is 5.91 Å². The van der Waals surface area contributed by atoms with E-state index in [2.05, 4.69) is 48.6 Å². The van der Waals surface area contributed by atoms with Crippen LogP contribution in [-0.2, 0) is 24.4 Å². The molecule has 198 valence electrons. The number of benzene rings is 4. The SMILES string of the molecule is CCC(NC(=O)CCc1ccccc1)c1ccccc1OCc1cc(-c2cccc(CN)c2)c2occc2c1. The molecule has 1 heterocycles. The molecule has 0 bridgehead atoms. The van der Waals surface area contributed by atoms with Crippen molar-refractivity contribution in [3.8, 4) is 16.9 Å². The summed E-state index contributed by atoms with van der Waals surface area (Å²) in [5.74, 6) is 0.807. The highest BCUT2D eigenvalue weighted by atomic mass is 16.5. The molecule has 0 aliphatic heterocycles. The molecule has 1 aromatic heterocycles. The van der Waals surface area contributed by atoms with Gasteiger partial charge >= 0.3 is 0 Å². The minimum absolute atomic E-state index is 0.0373. The Bertz CT molecular complexity index is 1540. The molecular weight excluding hydrogens is 484 g/mol. The Labute approximate surface area is 229 Å². The molecule has 5 nitrogen and oxygen atoms in total. The van der Waals surface area contributed by atoms with E-state index >= 15 is 0 Å². The van der Waals surface area contributed by atoms with E-state index in [9.17, 15) is 4.79 Å². The third-order valence-electron chi connectivity index (χ3n) is 7.00. The van der Waals surface area contributed by atoms with E-state index in [0.29, 0.717) is 26.0 Å². The number of hydrogen-bond acceptors (Lipinski definition) is 4. The first-order valence-electron chi connectivity index (χ1n) is 13.5. The Morgan fingerprint density at radius 1 is 0.897 bits per heavy atom. The fourth-order valence-corrected chi connectivity index (χ4v) is 4.94. The van der Waals surface area contributed by atoms with E-state index in [-0.39, 0.29) is 11.9 Å². The van der Waals surface area contributed by atoms with Crippen LogP contribution in [0.5, 0.6) is 5.75 Å². The predicted molar refractivity (Wildman–Crippen MR) is 156 cm³/mol. The monoisotopic (exact) mass is 518 g/mol. The highest BCUT2D eigenvalue weighted by molar-refractivity contribution is 5.93. The Hall–Kier alpha value is -4.35. The first-order valence-corrected chi connectivity index (χ1v) is 13.5. The lowest BCUT2D eigenvalue weighted by Gasteiger charge is -2.21. The van der Waals surface area contributed by atoms with E-state index < -0.39 is 0 Å². The van der Waals surface area contributed by atoms with Gasteiger partial charge in [-0.05, 0) is 65.4 Å². The Morgan fingerprint density at radius 2 is 1.69 bits per heavy atom. The number of nitrogens with one attached hydrogen (secondary N) is 1. The molecule has 0 aliphatic carbocycles. The summed E-state index contributed by atoms with van der Waals surface area (Å²) in [4.78, 5) is 12.8. The molecule has 1 amide bonds. The maximum absolute atomic E-state index is 12.8. The second-order valence-electron chi connectivity index (χ2n) is 9.73. The first-order chi connectivity index (χ1) is 19.1. The number of para-hydroxylation sites is 1. The summed E-state index contributed by atoms with van der Waals surface area (Å²) in [6.45, 7) is 2.95. The molecular formula is C34H34N2O3. The minimum atomic E-state index is -0.129. The molecule has 1 atom stereocenters. The van der Waals surface area contributed by atoms with Gasteiger partial charge in [0.05, 0.1) is 12.3 Å². The van der Waals surface area contributed by atoms with E-state index in [4.69, 9.17) is 14.9 Å². The van der Waals surface area contributed by atoms with Crippen molar-refractivity contribution in [2.45, 2.75) is 45.4 Å². The van der Waals surface area contributed by atoms with Gasteiger partial charge < -0.3 is 20.2 Å². The van der Waals surface area contributed by atoms with Gasteiger partial charge in [-0.1, -0.05) is 73.7 Å². The van der Waals surface area contributed by atoms with Crippen molar-refractivity contribution in [2.75, 3.05) is 0 Å². The van der Waals surface area contributed by atoms with Gasteiger partial charge in [0.25, 0.3) is 0 Å². The Balaban J connectivity index is 1.32. The second-order valence-corrected chi connectivity index (χ2v) is 9.73. The normalized spacial score (nSPS) is 11.8. The second kappa shape index (κ2) is 12.5. The molecule has 0 spiro atoms. The number of aryl methyl sites for hydroxylation is 1. The lowest BCUT2D eigenvalue weighted by molar-refractivity contribution is -0.121. The van der Waals surface area contributed by atoms with Crippen LogP contribution in [0.3, 0.4) is 0 Å². The number of nitrogens with two attached hydrogens (primary N) is 1. The van der Waals surface area contributed by atoms with Crippen LogP contribution in [0.2, 0.25) is 0 Å². The van der Waals surface area contributed by atoms with Crippen LogP contribution in [0, 0.1) is 0 Å². The van der Waals surface area contributed by atoms with E-state index in [1.54, 1.807) is 6.26 Å². The van der Waals surface area contributed by atoms with Crippen LogP contribution >= 0.6 is 0 Å². The van der Waals surface area contributed by atoms with Crippen LogP contribution in [0.25, 0.3) is 22.1 Å². The lowest BCUT2D eigenvalue weighted by Crippen LogP contribution is -2.28. The number of rotatable bonds is 11. The summed E-state index contributed by atoms with van der Waals surface area (Å²) in [6.07, 6.45) is 3.64.